The molecule has 0 fully saturated rings. The average Bonchev–Trinajstić information content (AvgIpc) is 2.65. The van der Waals surface area contributed by atoms with Gasteiger partial charge in [0.25, 0.3) is 0 Å². The number of unbranched alkanes of at least 4 members (excludes halogenated alkanes) is 20. The first-order valence-corrected chi connectivity index (χ1v) is 13.7. The van der Waals surface area contributed by atoms with E-state index in [1.54, 1.807) is 0 Å². The van der Waals surface area contributed by atoms with E-state index in [1.165, 1.54) is 116 Å². The summed E-state index contributed by atoms with van der Waals surface area (Å²) in [5.74, 6) is 0. The largest absolute Gasteiger partial charge is 0.790 e. The fourth-order valence-corrected chi connectivity index (χ4v) is 4.06. The van der Waals surface area contributed by atoms with E-state index in [4.69, 9.17) is 0 Å². The van der Waals surface area contributed by atoms with E-state index in [0.717, 1.165) is 12.8 Å². The summed E-state index contributed by atoms with van der Waals surface area (Å²) >= 11 is 0. The lowest BCUT2D eigenvalue weighted by atomic mass is 10.0. The third-order valence-electron chi connectivity index (χ3n) is 5.50. The predicted octanol–water partition coefficient (Wildman–Crippen LogP) is 7.04. The van der Waals surface area contributed by atoms with Gasteiger partial charge in [0.05, 0.1) is 14.4 Å². The van der Waals surface area contributed by atoms with Gasteiger partial charge in [-0.1, -0.05) is 135 Å². The summed E-state index contributed by atoms with van der Waals surface area (Å²) in [4.78, 5) is 20.6. The van der Waals surface area contributed by atoms with Crippen LogP contribution in [-0.2, 0) is 9.09 Å². The second-order valence-electron chi connectivity index (χ2n) is 8.35. The molecule has 0 aromatic heterocycles. The van der Waals surface area contributed by atoms with Crippen molar-refractivity contribution in [2.75, 3.05) is 6.61 Å². The second-order valence-corrected chi connectivity index (χ2v) is 9.50. The highest BCUT2D eigenvalue weighted by Gasteiger charge is 1.96. The molecule has 0 aromatic rings. The zero-order valence-corrected chi connectivity index (χ0v) is 19.5. The van der Waals surface area contributed by atoms with Gasteiger partial charge >= 0.3 is 0 Å². The molecule has 0 aliphatic heterocycles. The third kappa shape index (κ3) is 26.1. The molecular formula is C23H47O4P-2. The van der Waals surface area contributed by atoms with E-state index in [-0.39, 0.29) is 6.61 Å². The van der Waals surface area contributed by atoms with Crippen molar-refractivity contribution in [3.8, 4) is 0 Å². The monoisotopic (exact) mass is 418 g/mol. The van der Waals surface area contributed by atoms with Crippen molar-refractivity contribution in [3.05, 3.63) is 0 Å². The molecule has 0 amide bonds. The standard InChI is InChI=1S/C23H49O4P/c1-2-3-4-5-6-7-8-9-10-11-12-13-14-15-16-17-18-19-20-21-22-23-27-28(24,25)26/h2-23H2,1H3,(H2,24,25,26)/p-2. The minimum absolute atomic E-state index is 0.0450. The lowest BCUT2D eigenvalue weighted by molar-refractivity contribution is -0.341. The Morgan fingerprint density at radius 3 is 1.00 bits per heavy atom. The van der Waals surface area contributed by atoms with Gasteiger partial charge < -0.3 is 18.9 Å². The van der Waals surface area contributed by atoms with Gasteiger partial charge in [0.15, 0.2) is 0 Å². The minimum atomic E-state index is -4.76. The quantitative estimate of drug-likeness (QED) is 0.132. The molecule has 0 N–H and O–H groups in total. The Morgan fingerprint density at radius 2 is 0.750 bits per heavy atom. The molecule has 0 rings (SSSR count). The molecule has 0 saturated heterocycles. The number of phosphoric ester groups is 1. The normalized spacial score (nSPS) is 12.0. The van der Waals surface area contributed by atoms with Crippen molar-refractivity contribution in [3.63, 3.8) is 0 Å². The first kappa shape index (κ1) is 28.1. The van der Waals surface area contributed by atoms with E-state index in [9.17, 15) is 14.4 Å². The van der Waals surface area contributed by atoms with Gasteiger partial charge in [-0.3, -0.25) is 0 Å². The first-order valence-electron chi connectivity index (χ1n) is 12.2. The van der Waals surface area contributed by atoms with E-state index >= 15 is 0 Å². The first-order chi connectivity index (χ1) is 13.6. The Hall–Kier alpha value is 0.110. The highest BCUT2D eigenvalue weighted by atomic mass is 31.2. The second kappa shape index (κ2) is 21.8. The van der Waals surface area contributed by atoms with Gasteiger partial charge in [0.1, 0.15) is 0 Å². The van der Waals surface area contributed by atoms with Crippen LogP contribution in [0.1, 0.15) is 142 Å². The highest BCUT2D eigenvalue weighted by molar-refractivity contribution is 7.43. The number of hydrogen-bond donors (Lipinski definition) is 0. The SMILES string of the molecule is CCCCCCCCCCCCCCCCCCCCCCCOP(=O)([O-])[O-]. The van der Waals surface area contributed by atoms with Gasteiger partial charge in [-0.05, 0) is 6.42 Å². The lowest BCUT2D eigenvalue weighted by Crippen LogP contribution is -2.16. The van der Waals surface area contributed by atoms with Crippen LogP contribution in [0.15, 0.2) is 0 Å². The number of phosphoric acid groups is 1. The van der Waals surface area contributed by atoms with Crippen molar-refractivity contribution in [2.24, 2.45) is 0 Å². The van der Waals surface area contributed by atoms with Crippen molar-refractivity contribution < 1.29 is 18.9 Å². The molecule has 0 aromatic carbocycles. The highest BCUT2D eigenvalue weighted by Crippen LogP contribution is 2.24. The predicted molar refractivity (Wildman–Crippen MR) is 116 cm³/mol. The zero-order chi connectivity index (χ0) is 20.8. The van der Waals surface area contributed by atoms with Gasteiger partial charge in [-0.15, -0.1) is 0 Å². The summed E-state index contributed by atoms with van der Waals surface area (Å²) in [5, 5.41) is 0. The summed E-state index contributed by atoms with van der Waals surface area (Å²) < 4.78 is 14.5. The fourth-order valence-electron chi connectivity index (χ4n) is 3.71. The molecule has 0 aliphatic rings. The van der Waals surface area contributed by atoms with E-state index in [2.05, 4.69) is 11.4 Å². The Morgan fingerprint density at radius 1 is 0.500 bits per heavy atom. The van der Waals surface area contributed by atoms with Crippen LogP contribution in [0.25, 0.3) is 0 Å². The molecule has 0 radical (unpaired) electrons. The van der Waals surface area contributed by atoms with E-state index in [0.29, 0.717) is 6.42 Å². The molecule has 0 spiro atoms. The Labute approximate surface area is 175 Å². The van der Waals surface area contributed by atoms with Gasteiger partial charge in [-0.2, -0.15) is 0 Å². The Balaban J connectivity index is 3.02. The van der Waals surface area contributed by atoms with Crippen molar-refractivity contribution >= 4 is 7.82 Å². The van der Waals surface area contributed by atoms with Crippen LogP contribution in [0.4, 0.5) is 0 Å². The zero-order valence-electron chi connectivity index (χ0n) is 18.6. The van der Waals surface area contributed by atoms with Crippen LogP contribution >= 0.6 is 7.82 Å². The summed E-state index contributed by atoms with van der Waals surface area (Å²) in [6.45, 7) is 2.32. The smallest absolute Gasteiger partial charge is 0.0596 e. The summed E-state index contributed by atoms with van der Waals surface area (Å²) in [7, 11) is -4.76. The van der Waals surface area contributed by atoms with Gasteiger partial charge in [0.2, 0.25) is 0 Å². The molecule has 4 nitrogen and oxygen atoms in total. The maximum atomic E-state index is 10.3. The summed E-state index contributed by atoms with van der Waals surface area (Å²) in [6, 6.07) is 0. The van der Waals surface area contributed by atoms with Crippen LogP contribution in [0.3, 0.4) is 0 Å². The Kier molecular flexibility index (Phi) is 21.9. The molecule has 28 heavy (non-hydrogen) atoms. The molecule has 0 unspecified atom stereocenters. The van der Waals surface area contributed by atoms with Crippen LogP contribution < -0.4 is 9.79 Å². The summed E-state index contributed by atoms with van der Waals surface area (Å²) in [6.07, 6.45) is 27.7. The molecule has 170 valence electrons. The molecule has 0 bridgehead atoms. The van der Waals surface area contributed by atoms with Crippen LogP contribution in [0.2, 0.25) is 0 Å². The van der Waals surface area contributed by atoms with Crippen LogP contribution in [0.5, 0.6) is 0 Å². The van der Waals surface area contributed by atoms with Crippen molar-refractivity contribution in [2.45, 2.75) is 142 Å². The van der Waals surface area contributed by atoms with Crippen molar-refractivity contribution in [1.29, 1.82) is 0 Å². The topological polar surface area (TPSA) is 72.4 Å². The van der Waals surface area contributed by atoms with Crippen LogP contribution in [-0.4, -0.2) is 6.61 Å². The maximum absolute atomic E-state index is 10.3. The minimum Gasteiger partial charge on any atom is -0.790 e. The Bertz CT molecular complexity index is 343. The average molecular weight is 419 g/mol. The number of hydrogen-bond acceptors (Lipinski definition) is 4. The molecular weight excluding hydrogens is 371 g/mol. The molecule has 0 heterocycles. The molecule has 0 atom stereocenters. The molecule has 0 saturated carbocycles. The van der Waals surface area contributed by atoms with E-state index in [1.807, 2.05) is 0 Å². The fraction of sp³-hybridized carbons (Fsp3) is 1.00. The number of rotatable bonds is 23. The molecule has 0 aliphatic carbocycles. The lowest BCUT2D eigenvalue weighted by Gasteiger charge is -2.28. The van der Waals surface area contributed by atoms with Crippen LogP contribution in [0, 0.1) is 0 Å². The third-order valence-corrected chi connectivity index (χ3v) is 6.00. The van der Waals surface area contributed by atoms with Gasteiger partial charge in [-0.25, -0.2) is 0 Å². The van der Waals surface area contributed by atoms with E-state index < -0.39 is 7.82 Å². The maximum Gasteiger partial charge on any atom is 0.0596 e. The van der Waals surface area contributed by atoms with Gasteiger partial charge in [0, 0.05) is 0 Å². The van der Waals surface area contributed by atoms with Crippen molar-refractivity contribution in [1.82, 2.24) is 0 Å². The summed E-state index contributed by atoms with van der Waals surface area (Å²) in [5.41, 5.74) is 0. The molecule has 5 heteroatoms.